The molecular formula is C16H15N5O3S4. The molecule has 2 amide bonds. The number of fused-ring (bicyclic) bond motifs is 1. The number of amides is 2. The van der Waals surface area contributed by atoms with Crippen molar-refractivity contribution in [3.63, 3.8) is 0 Å². The van der Waals surface area contributed by atoms with Gasteiger partial charge in [-0.3, -0.25) is 19.3 Å². The van der Waals surface area contributed by atoms with E-state index in [-0.39, 0.29) is 29.3 Å². The Bertz CT molecular complexity index is 971. The van der Waals surface area contributed by atoms with Crippen LogP contribution in [0.1, 0.15) is 10.6 Å². The Labute approximate surface area is 178 Å². The minimum atomic E-state index is -0.650. The molecule has 0 unspecified atom stereocenters. The summed E-state index contributed by atoms with van der Waals surface area (Å²) in [5, 5.41) is 18.0. The Balaban J connectivity index is 1.53. The highest BCUT2D eigenvalue weighted by molar-refractivity contribution is 8.00. The first kappa shape index (κ1) is 19.4. The summed E-state index contributed by atoms with van der Waals surface area (Å²) < 4.78 is 0. The third-order valence-corrected chi connectivity index (χ3v) is 7.55. The normalized spacial score (nSPS) is 21.2. The van der Waals surface area contributed by atoms with Crippen molar-refractivity contribution in [2.75, 3.05) is 18.1 Å². The van der Waals surface area contributed by atoms with E-state index in [0.29, 0.717) is 21.5 Å². The number of hydrogen-bond donors (Lipinski definition) is 3. The highest BCUT2D eigenvalue weighted by Crippen LogP contribution is 2.44. The zero-order valence-corrected chi connectivity index (χ0v) is 17.9. The lowest BCUT2D eigenvalue weighted by Gasteiger charge is -2.49. The molecule has 2 aromatic rings. The van der Waals surface area contributed by atoms with Gasteiger partial charge in [-0.1, -0.05) is 24.0 Å². The van der Waals surface area contributed by atoms with Gasteiger partial charge in [0.15, 0.2) is 0 Å². The summed E-state index contributed by atoms with van der Waals surface area (Å²) in [5.41, 5.74) is 1.77. The molecule has 0 bridgehead atoms. The first-order chi connectivity index (χ1) is 13.5. The summed E-state index contributed by atoms with van der Waals surface area (Å²) in [7, 11) is 1.73. The summed E-state index contributed by atoms with van der Waals surface area (Å²) in [6.45, 7) is 0. The van der Waals surface area contributed by atoms with Crippen molar-refractivity contribution in [2.24, 2.45) is 0 Å². The van der Waals surface area contributed by atoms with Gasteiger partial charge in [-0.25, -0.2) is 0 Å². The summed E-state index contributed by atoms with van der Waals surface area (Å²) in [5.74, 6) is -0.0526. The molecule has 4 rings (SSSR count). The summed E-state index contributed by atoms with van der Waals surface area (Å²) in [6.07, 6.45) is 0.224. The van der Waals surface area contributed by atoms with Crippen molar-refractivity contribution in [2.45, 2.75) is 17.8 Å². The molecule has 146 valence electrons. The number of nitrogens with one attached hydrogen (secondary N) is 2. The fourth-order valence-electron chi connectivity index (χ4n) is 3.03. The van der Waals surface area contributed by atoms with Gasteiger partial charge in [-0.15, -0.1) is 22.0 Å². The van der Waals surface area contributed by atoms with E-state index in [4.69, 9.17) is 0 Å². The van der Waals surface area contributed by atoms with E-state index < -0.39 is 11.2 Å². The fraction of sp³-hybridized carbons (Fsp3) is 0.312. The Morgan fingerprint density at radius 1 is 1.39 bits per heavy atom. The van der Waals surface area contributed by atoms with Crippen molar-refractivity contribution in [1.82, 2.24) is 20.4 Å². The lowest BCUT2D eigenvalue weighted by atomic mass is 10.0. The smallest absolute Gasteiger partial charge is 0.253 e. The molecule has 1 saturated heterocycles. The molecule has 2 N–H and O–H groups in total. The number of thiol groups is 1. The van der Waals surface area contributed by atoms with E-state index in [9.17, 15) is 14.4 Å². The van der Waals surface area contributed by atoms with Gasteiger partial charge < -0.3 is 10.6 Å². The van der Waals surface area contributed by atoms with Crippen LogP contribution in [0.5, 0.6) is 0 Å². The van der Waals surface area contributed by atoms with Crippen molar-refractivity contribution in [1.29, 1.82) is 0 Å². The quantitative estimate of drug-likeness (QED) is 0.449. The van der Waals surface area contributed by atoms with Crippen LogP contribution in [0.2, 0.25) is 0 Å². The van der Waals surface area contributed by atoms with Crippen LogP contribution in [0.3, 0.4) is 0 Å². The lowest BCUT2D eigenvalue weighted by Crippen LogP contribution is -2.70. The number of thioether (sulfide) groups is 1. The second-order valence-corrected chi connectivity index (χ2v) is 9.33. The number of carbonyl (C=O) groups excluding carboxylic acids is 3. The first-order valence-corrected chi connectivity index (χ1v) is 11.5. The molecule has 8 nitrogen and oxygen atoms in total. The van der Waals surface area contributed by atoms with Crippen molar-refractivity contribution >= 4 is 74.7 Å². The van der Waals surface area contributed by atoms with Gasteiger partial charge in [-0.2, -0.15) is 11.3 Å². The van der Waals surface area contributed by atoms with Crippen LogP contribution in [-0.2, 0) is 20.8 Å². The maximum Gasteiger partial charge on any atom is 0.253 e. The van der Waals surface area contributed by atoms with Gasteiger partial charge in [0.25, 0.3) is 5.91 Å². The molecule has 1 fully saturated rings. The molecule has 12 heteroatoms. The van der Waals surface area contributed by atoms with Gasteiger partial charge >= 0.3 is 0 Å². The van der Waals surface area contributed by atoms with Crippen LogP contribution in [0, 0.1) is 0 Å². The van der Waals surface area contributed by atoms with Crippen LogP contribution >= 0.6 is 47.1 Å². The molecule has 0 aliphatic carbocycles. The number of carbonyl (C=O) groups is 3. The van der Waals surface area contributed by atoms with Crippen LogP contribution in [0.15, 0.2) is 22.5 Å². The zero-order chi connectivity index (χ0) is 19.8. The monoisotopic (exact) mass is 453 g/mol. The molecule has 2 atom stereocenters. The summed E-state index contributed by atoms with van der Waals surface area (Å²) in [4.78, 5) is 38.6. The van der Waals surface area contributed by atoms with Gasteiger partial charge in [0.05, 0.1) is 6.42 Å². The lowest BCUT2D eigenvalue weighted by molar-refractivity contribution is -0.146. The van der Waals surface area contributed by atoms with Crippen LogP contribution in [0.25, 0.3) is 5.57 Å². The molecule has 2 aliphatic rings. The molecule has 0 aromatic carbocycles. The van der Waals surface area contributed by atoms with Crippen molar-refractivity contribution in [3.8, 4) is 0 Å². The van der Waals surface area contributed by atoms with Gasteiger partial charge in [0, 0.05) is 18.4 Å². The fourth-order valence-corrected chi connectivity index (χ4v) is 6.12. The van der Waals surface area contributed by atoms with Gasteiger partial charge in [-0.05, 0) is 22.4 Å². The Morgan fingerprint density at radius 3 is 2.86 bits per heavy atom. The first-order valence-electron chi connectivity index (χ1n) is 8.22. The van der Waals surface area contributed by atoms with Crippen LogP contribution in [-0.4, -0.2) is 56.2 Å². The van der Waals surface area contributed by atoms with Crippen molar-refractivity contribution < 1.29 is 14.4 Å². The second kappa shape index (κ2) is 7.85. The maximum atomic E-state index is 12.7. The topological polar surface area (TPSA) is 104 Å². The summed E-state index contributed by atoms with van der Waals surface area (Å²) >= 11 is 8.27. The highest BCUT2D eigenvalue weighted by atomic mass is 32.2. The molecule has 28 heavy (non-hydrogen) atoms. The van der Waals surface area contributed by atoms with Crippen molar-refractivity contribution in [3.05, 3.63) is 33.1 Å². The molecular weight excluding hydrogens is 438 g/mol. The van der Waals surface area contributed by atoms with E-state index in [2.05, 4.69) is 33.5 Å². The second-order valence-electron chi connectivity index (χ2n) is 6.06. The zero-order valence-electron chi connectivity index (χ0n) is 14.5. The SMILES string of the molecule is CNc1nnc(C2=C(C(=O)S)N3C(=O)[C@@H](NC(=O)Cc4ccsc4)[C@H]3SC2)s1. The van der Waals surface area contributed by atoms with E-state index in [1.165, 1.54) is 39.3 Å². The molecule has 0 spiro atoms. The Morgan fingerprint density at radius 2 is 2.21 bits per heavy atom. The Kier molecular flexibility index (Phi) is 5.45. The molecule has 4 heterocycles. The van der Waals surface area contributed by atoms with E-state index in [1.54, 1.807) is 7.05 Å². The number of anilines is 1. The van der Waals surface area contributed by atoms with E-state index in [1.807, 2.05) is 16.8 Å². The maximum absolute atomic E-state index is 12.7. The summed E-state index contributed by atoms with van der Waals surface area (Å²) in [6, 6.07) is 1.23. The number of aromatic nitrogens is 2. The number of β-lactam (4-membered cyclic amide) rings is 1. The number of hydrogen-bond acceptors (Lipinski definition) is 9. The standard InChI is InChI=1S/C16H15N5O3S4/c1-17-16-20-19-12(28-16)8-6-27-14-10(13(23)21(14)11(8)15(24)25)18-9(22)4-7-2-3-26-5-7/h2-3,5,10,14H,4,6H2,1H3,(H,17,20)(H,18,22)(H,24,25)/t10-,14-/m1/s1. The minimum Gasteiger partial charge on any atom is -0.363 e. The average molecular weight is 454 g/mol. The molecule has 0 radical (unpaired) electrons. The molecule has 0 saturated carbocycles. The average Bonchev–Trinajstić information content (AvgIpc) is 3.36. The predicted octanol–water partition coefficient (Wildman–Crippen LogP) is 1.45. The minimum absolute atomic E-state index is 0.215. The molecule has 2 aliphatic heterocycles. The van der Waals surface area contributed by atoms with Gasteiger partial charge in [0.1, 0.15) is 22.1 Å². The highest BCUT2D eigenvalue weighted by Gasteiger charge is 2.54. The Hall–Kier alpha value is -1.89. The third-order valence-electron chi connectivity index (χ3n) is 4.33. The van der Waals surface area contributed by atoms with E-state index >= 15 is 0 Å². The number of rotatable bonds is 6. The number of nitrogens with zero attached hydrogens (tertiary/aromatic N) is 3. The van der Waals surface area contributed by atoms with E-state index in [0.717, 1.165) is 5.56 Å². The van der Waals surface area contributed by atoms with Gasteiger partial charge in [0.2, 0.25) is 16.2 Å². The third kappa shape index (κ3) is 3.45. The largest absolute Gasteiger partial charge is 0.363 e. The van der Waals surface area contributed by atoms with Crippen LogP contribution in [0.4, 0.5) is 5.13 Å². The van der Waals surface area contributed by atoms with Crippen LogP contribution < -0.4 is 10.6 Å². The predicted molar refractivity (Wildman–Crippen MR) is 113 cm³/mol. The number of thiophene rings is 1. The molecule has 2 aromatic heterocycles.